The van der Waals surface area contributed by atoms with Crippen LogP contribution in [0.25, 0.3) is 27.7 Å². The third kappa shape index (κ3) is 4.66. The molecule has 1 aromatic heterocycles. The summed E-state index contributed by atoms with van der Waals surface area (Å²) in [6.45, 7) is 4.11. The van der Waals surface area contributed by atoms with E-state index >= 15 is 0 Å². The van der Waals surface area contributed by atoms with Gasteiger partial charge in [-0.15, -0.1) is 23.5 Å². The molecule has 1 fully saturated rings. The number of nitrogens with zero attached hydrogens (tertiary/aromatic N) is 2. The van der Waals surface area contributed by atoms with Crippen molar-refractivity contribution in [1.29, 1.82) is 0 Å². The van der Waals surface area contributed by atoms with E-state index in [9.17, 15) is 14.9 Å². The van der Waals surface area contributed by atoms with E-state index in [0.717, 1.165) is 49.8 Å². The number of carbonyl (C=O) groups is 1. The highest BCUT2D eigenvalue weighted by Crippen LogP contribution is 2.43. The van der Waals surface area contributed by atoms with Crippen molar-refractivity contribution < 1.29 is 14.5 Å². The predicted molar refractivity (Wildman–Crippen MR) is 132 cm³/mol. The smallest absolute Gasteiger partial charge is 0.340 e. The Morgan fingerprint density at radius 1 is 1.12 bits per heavy atom. The Morgan fingerprint density at radius 3 is 2.50 bits per heavy atom. The van der Waals surface area contributed by atoms with Crippen molar-refractivity contribution in [1.82, 2.24) is 4.98 Å². The van der Waals surface area contributed by atoms with E-state index in [2.05, 4.69) is 0 Å². The number of rotatable bonds is 5. The van der Waals surface area contributed by atoms with E-state index in [-0.39, 0.29) is 11.7 Å². The summed E-state index contributed by atoms with van der Waals surface area (Å²) >= 11 is 3.37. The molecule has 3 aromatic rings. The minimum atomic E-state index is -0.424. The SMILES string of the molecule is CCOC(=O)C(=C1SCCCS1)c1cc(-c2ccc([N+](=O)[O-])cc2)nc2ccc(C)cc12. The number of pyridine rings is 1. The van der Waals surface area contributed by atoms with Crippen molar-refractivity contribution in [3.8, 4) is 11.3 Å². The normalized spacial score (nSPS) is 13.8. The molecule has 0 aliphatic carbocycles. The molecule has 8 heteroatoms. The molecule has 164 valence electrons. The number of non-ortho nitro benzene ring substituents is 1. The van der Waals surface area contributed by atoms with Gasteiger partial charge < -0.3 is 4.74 Å². The quantitative estimate of drug-likeness (QED) is 0.191. The minimum Gasteiger partial charge on any atom is -0.462 e. The molecule has 0 radical (unpaired) electrons. The molecule has 2 aromatic carbocycles. The summed E-state index contributed by atoms with van der Waals surface area (Å²) in [5.74, 6) is 1.58. The van der Waals surface area contributed by atoms with Gasteiger partial charge in [0.2, 0.25) is 0 Å². The van der Waals surface area contributed by atoms with Crippen molar-refractivity contribution in [3.05, 3.63) is 74.0 Å². The Kier molecular flexibility index (Phi) is 6.81. The van der Waals surface area contributed by atoms with Crippen LogP contribution in [0, 0.1) is 17.0 Å². The maximum atomic E-state index is 13.1. The second kappa shape index (κ2) is 9.75. The highest BCUT2D eigenvalue weighted by Gasteiger charge is 2.25. The van der Waals surface area contributed by atoms with Crippen LogP contribution in [-0.4, -0.2) is 34.0 Å². The molecular formula is C24H22N2O4S2. The average molecular weight is 467 g/mol. The third-order valence-electron chi connectivity index (χ3n) is 5.05. The van der Waals surface area contributed by atoms with E-state index in [0.29, 0.717) is 17.9 Å². The van der Waals surface area contributed by atoms with Gasteiger partial charge in [0.15, 0.2) is 0 Å². The number of benzene rings is 2. The van der Waals surface area contributed by atoms with Gasteiger partial charge in [-0.25, -0.2) is 9.78 Å². The van der Waals surface area contributed by atoms with Gasteiger partial charge in [0.1, 0.15) is 0 Å². The number of hydrogen-bond donors (Lipinski definition) is 0. The van der Waals surface area contributed by atoms with Gasteiger partial charge in [-0.3, -0.25) is 10.1 Å². The summed E-state index contributed by atoms with van der Waals surface area (Å²) in [5, 5.41) is 11.9. The molecule has 4 rings (SSSR count). The summed E-state index contributed by atoms with van der Waals surface area (Å²) in [6.07, 6.45) is 1.10. The van der Waals surface area contributed by atoms with Gasteiger partial charge in [-0.2, -0.15) is 0 Å². The zero-order valence-corrected chi connectivity index (χ0v) is 19.4. The highest BCUT2D eigenvalue weighted by atomic mass is 32.2. The first-order valence-corrected chi connectivity index (χ1v) is 12.3. The van der Waals surface area contributed by atoms with E-state index in [1.165, 1.54) is 12.1 Å². The van der Waals surface area contributed by atoms with E-state index < -0.39 is 4.92 Å². The Morgan fingerprint density at radius 2 is 1.84 bits per heavy atom. The fourth-order valence-electron chi connectivity index (χ4n) is 3.53. The van der Waals surface area contributed by atoms with E-state index in [4.69, 9.17) is 9.72 Å². The number of esters is 1. The Bertz CT molecular complexity index is 1210. The van der Waals surface area contributed by atoms with Crippen molar-refractivity contribution in [2.75, 3.05) is 18.1 Å². The monoisotopic (exact) mass is 466 g/mol. The molecule has 1 aliphatic heterocycles. The lowest BCUT2D eigenvalue weighted by atomic mass is 9.98. The van der Waals surface area contributed by atoms with Gasteiger partial charge in [-0.05, 0) is 62.1 Å². The van der Waals surface area contributed by atoms with Crippen LogP contribution in [0.4, 0.5) is 5.69 Å². The van der Waals surface area contributed by atoms with Crippen LogP contribution in [0.3, 0.4) is 0 Å². The second-order valence-electron chi connectivity index (χ2n) is 7.31. The van der Waals surface area contributed by atoms with Crippen LogP contribution >= 0.6 is 23.5 Å². The van der Waals surface area contributed by atoms with Gasteiger partial charge in [0, 0.05) is 28.6 Å². The van der Waals surface area contributed by atoms with Gasteiger partial charge in [-0.1, -0.05) is 11.6 Å². The number of hydrogen-bond acceptors (Lipinski definition) is 7. The summed E-state index contributed by atoms with van der Waals surface area (Å²) in [5.41, 5.74) is 4.60. The van der Waals surface area contributed by atoms with E-state index in [1.807, 2.05) is 31.2 Å². The van der Waals surface area contributed by atoms with Gasteiger partial charge in [0.05, 0.1) is 32.6 Å². The van der Waals surface area contributed by atoms with Gasteiger partial charge >= 0.3 is 5.97 Å². The number of carbonyl (C=O) groups excluding carboxylic acids is 1. The summed E-state index contributed by atoms with van der Waals surface area (Å²) < 4.78 is 6.43. The lowest BCUT2D eigenvalue weighted by Gasteiger charge is -2.19. The molecule has 0 atom stereocenters. The number of ether oxygens (including phenoxy) is 1. The first-order valence-electron chi connectivity index (χ1n) is 10.3. The Labute approximate surface area is 194 Å². The van der Waals surface area contributed by atoms with Crippen LogP contribution < -0.4 is 0 Å². The lowest BCUT2D eigenvalue weighted by molar-refractivity contribution is -0.384. The standard InChI is InChI=1S/C24H22N2O4S2/c1-3-30-23(27)22(24-31-11-4-12-32-24)19-14-21(16-6-8-17(9-7-16)26(28)29)25-20-10-5-15(2)13-18(19)20/h5-10,13-14H,3-4,11-12H2,1-2H3. The Hall–Kier alpha value is -2.84. The Balaban J connectivity index is 1.96. The van der Waals surface area contributed by atoms with Crippen molar-refractivity contribution in [2.24, 2.45) is 0 Å². The highest BCUT2D eigenvalue weighted by molar-refractivity contribution is 8.23. The molecule has 0 spiro atoms. The van der Waals surface area contributed by atoms with Crippen LogP contribution in [-0.2, 0) is 9.53 Å². The maximum Gasteiger partial charge on any atom is 0.340 e. The molecule has 2 heterocycles. The van der Waals surface area contributed by atoms with Crippen molar-refractivity contribution in [2.45, 2.75) is 20.3 Å². The molecule has 0 N–H and O–H groups in total. The van der Waals surface area contributed by atoms with E-state index in [1.54, 1.807) is 42.6 Å². The second-order valence-corrected chi connectivity index (χ2v) is 9.78. The lowest BCUT2D eigenvalue weighted by Crippen LogP contribution is -2.10. The molecule has 0 amide bonds. The van der Waals surface area contributed by atoms with Gasteiger partial charge in [0.25, 0.3) is 5.69 Å². The zero-order valence-electron chi connectivity index (χ0n) is 17.8. The molecule has 0 bridgehead atoms. The zero-order chi connectivity index (χ0) is 22.7. The number of aromatic nitrogens is 1. The van der Waals surface area contributed by atoms with Crippen molar-refractivity contribution >= 4 is 51.7 Å². The third-order valence-corrected chi connectivity index (χ3v) is 7.67. The van der Waals surface area contributed by atoms with Crippen LogP contribution in [0.1, 0.15) is 24.5 Å². The first kappa shape index (κ1) is 22.4. The number of nitro groups is 1. The predicted octanol–water partition coefficient (Wildman–Crippen LogP) is 6.22. The average Bonchev–Trinajstić information content (AvgIpc) is 2.80. The fourth-order valence-corrected chi connectivity index (χ4v) is 6.17. The fraction of sp³-hybridized carbons (Fsp3) is 0.250. The van der Waals surface area contributed by atoms with Crippen LogP contribution in [0.15, 0.2) is 52.8 Å². The number of fused-ring (bicyclic) bond motifs is 1. The first-order chi connectivity index (χ1) is 15.5. The van der Waals surface area contributed by atoms with Crippen LogP contribution in [0.5, 0.6) is 0 Å². The maximum absolute atomic E-state index is 13.1. The van der Waals surface area contributed by atoms with Crippen molar-refractivity contribution in [3.63, 3.8) is 0 Å². The van der Waals surface area contributed by atoms with Crippen LogP contribution in [0.2, 0.25) is 0 Å². The summed E-state index contributed by atoms with van der Waals surface area (Å²) in [6, 6.07) is 14.2. The largest absolute Gasteiger partial charge is 0.462 e. The molecule has 1 saturated heterocycles. The summed E-state index contributed by atoms with van der Waals surface area (Å²) in [7, 11) is 0. The topological polar surface area (TPSA) is 82.3 Å². The molecule has 1 aliphatic rings. The molecule has 0 unspecified atom stereocenters. The molecule has 6 nitrogen and oxygen atoms in total. The number of thioether (sulfide) groups is 2. The molecule has 32 heavy (non-hydrogen) atoms. The number of aryl methyl sites for hydroxylation is 1. The molecule has 0 saturated carbocycles. The minimum absolute atomic E-state index is 0.0229. The molecular weight excluding hydrogens is 444 g/mol. The number of nitro benzene ring substituents is 1. The summed E-state index contributed by atoms with van der Waals surface area (Å²) in [4.78, 5) is 28.5.